The van der Waals surface area contributed by atoms with E-state index in [1.54, 1.807) is 16.9 Å². The van der Waals surface area contributed by atoms with Gasteiger partial charge in [-0.1, -0.05) is 0 Å². The largest absolute Gasteiger partial charge is 0.384 e. The van der Waals surface area contributed by atoms with Gasteiger partial charge in [-0.25, -0.2) is 0 Å². The zero-order chi connectivity index (χ0) is 8.55. The van der Waals surface area contributed by atoms with Gasteiger partial charge >= 0.3 is 0 Å². The topological polar surface area (TPSA) is 72.5 Å². The number of nitrogens with one attached hydrogen (secondary N) is 1. The molecule has 0 radical (unpaired) electrons. The molecule has 2 aromatic rings. The van der Waals surface area contributed by atoms with E-state index in [2.05, 4.69) is 15.3 Å². The van der Waals surface area contributed by atoms with Gasteiger partial charge in [0.1, 0.15) is 5.82 Å². The first-order valence-corrected chi connectivity index (χ1v) is 3.55. The highest BCUT2D eigenvalue weighted by Crippen LogP contribution is 2.16. The van der Waals surface area contributed by atoms with Gasteiger partial charge in [-0.3, -0.25) is 9.78 Å². The van der Waals surface area contributed by atoms with E-state index >= 15 is 0 Å². The summed E-state index contributed by atoms with van der Waals surface area (Å²) >= 11 is 0. The van der Waals surface area contributed by atoms with Crippen LogP contribution in [0.5, 0.6) is 0 Å². The third kappa shape index (κ3) is 1.05. The molecule has 0 aromatic carbocycles. The maximum atomic E-state index is 5.48. The number of aromatic amines is 1. The molecule has 0 spiro atoms. The third-order valence-electron chi connectivity index (χ3n) is 1.60. The molecule has 5 nitrogen and oxygen atoms in total. The number of nitrogen functional groups attached to an aromatic ring is 1. The van der Waals surface area contributed by atoms with Crippen LogP contribution in [0.15, 0.2) is 18.5 Å². The Morgan fingerprint density at radius 3 is 2.92 bits per heavy atom. The summed E-state index contributed by atoms with van der Waals surface area (Å²) in [7, 11) is 1.86. The van der Waals surface area contributed by atoms with E-state index in [4.69, 9.17) is 5.73 Å². The van der Waals surface area contributed by atoms with Crippen molar-refractivity contribution in [1.82, 2.24) is 20.0 Å². The molecule has 2 rings (SSSR count). The van der Waals surface area contributed by atoms with Crippen molar-refractivity contribution in [3.63, 3.8) is 0 Å². The summed E-state index contributed by atoms with van der Waals surface area (Å²) in [6.45, 7) is 0. The molecular formula is C7H9N5. The molecule has 62 valence electrons. The minimum Gasteiger partial charge on any atom is -0.384 e. The Bertz CT molecular complexity index is 348. The third-order valence-corrected chi connectivity index (χ3v) is 1.60. The molecule has 5 heteroatoms. The fraction of sp³-hybridized carbons (Fsp3) is 0.143. The summed E-state index contributed by atoms with van der Waals surface area (Å²) in [5.41, 5.74) is 7.26. The van der Waals surface area contributed by atoms with Gasteiger partial charge in [0.15, 0.2) is 0 Å². The Balaban J connectivity index is 2.43. The van der Waals surface area contributed by atoms with Crippen LogP contribution >= 0.6 is 0 Å². The van der Waals surface area contributed by atoms with Gasteiger partial charge in [0.2, 0.25) is 0 Å². The number of anilines is 1. The molecule has 0 unspecified atom stereocenters. The van der Waals surface area contributed by atoms with Crippen molar-refractivity contribution < 1.29 is 0 Å². The van der Waals surface area contributed by atoms with Crippen molar-refractivity contribution in [2.45, 2.75) is 0 Å². The minimum absolute atomic E-state index is 0.564. The number of H-pyrrole nitrogens is 1. The van der Waals surface area contributed by atoms with E-state index in [9.17, 15) is 0 Å². The second kappa shape index (κ2) is 2.37. The maximum Gasteiger partial charge on any atom is 0.119 e. The predicted octanol–water partition coefficient (Wildman–Crippen LogP) is 0.392. The van der Waals surface area contributed by atoms with Crippen molar-refractivity contribution in [3.05, 3.63) is 18.5 Å². The summed E-state index contributed by atoms with van der Waals surface area (Å²) in [5.74, 6) is 0.564. The normalized spacial score (nSPS) is 10.4. The van der Waals surface area contributed by atoms with Crippen molar-refractivity contribution in [2.75, 3.05) is 5.73 Å². The fourth-order valence-corrected chi connectivity index (χ4v) is 1.04. The highest BCUT2D eigenvalue weighted by atomic mass is 15.2. The van der Waals surface area contributed by atoms with E-state index in [1.807, 2.05) is 13.2 Å². The number of hydrogen-bond donors (Lipinski definition) is 2. The molecule has 2 heterocycles. The van der Waals surface area contributed by atoms with Crippen LogP contribution in [0.2, 0.25) is 0 Å². The lowest BCUT2D eigenvalue weighted by molar-refractivity contribution is 0.768. The fourth-order valence-electron chi connectivity index (χ4n) is 1.04. The summed E-state index contributed by atoms with van der Waals surface area (Å²) in [6, 6.07) is 1.77. The predicted molar refractivity (Wildman–Crippen MR) is 45.2 cm³/mol. The Hall–Kier alpha value is -1.78. The lowest BCUT2D eigenvalue weighted by atomic mass is 10.3. The molecule has 0 atom stereocenters. The highest BCUT2D eigenvalue weighted by Gasteiger charge is 2.02. The average molecular weight is 163 g/mol. The number of aryl methyl sites for hydroxylation is 1. The van der Waals surface area contributed by atoms with Crippen molar-refractivity contribution in [2.24, 2.45) is 7.05 Å². The molecule has 0 amide bonds. The van der Waals surface area contributed by atoms with E-state index in [0.717, 1.165) is 11.3 Å². The van der Waals surface area contributed by atoms with E-state index < -0.39 is 0 Å². The van der Waals surface area contributed by atoms with Crippen LogP contribution in [-0.4, -0.2) is 20.0 Å². The summed E-state index contributed by atoms with van der Waals surface area (Å²) in [4.78, 5) is 0. The lowest BCUT2D eigenvalue weighted by Crippen LogP contribution is -1.84. The second-order valence-corrected chi connectivity index (χ2v) is 2.61. The smallest absolute Gasteiger partial charge is 0.119 e. The summed E-state index contributed by atoms with van der Waals surface area (Å²) in [6.07, 6.45) is 3.63. The van der Waals surface area contributed by atoms with Crippen LogP contribution in [0, 0.1) is 0 Å². The van der Waals surface area contributed by atoms with Crippen LogP contribution in [0.3, 0.4) is 0 Å². The molecule has 2 aromatic heterocycles. The SMILES string of the molecule is Cn1cc(-c2cc(N)[nH]n2)cn1. The van der Waals surface area contributed by atoms with Crippen molar-refractivity contribution in [1.29, 1.82) is 0 Å². The molecule has 0 bridgehead atoms. The van der Waals surface area contributed by atoms with E-state index in [0.29, 0.717) is 5.82 Å². The van der Waals surface area contributed by atoms with Gasteiger partial charge in [-0.2, -0.15) is 10.2 Å². The van der Waals surface area contributed by atoms with Gasteiger partial charge in [-0.05, 0) is 0 Å². The number of rotatable bonds is 1. The summed E-state index contributed by atoms with van der Waals surface area (Å²) < 4.78 is 1.72. The molecule has 0 saturated carbocycles. The monoisotopic (exact) mass is 163 g/mol. The molecule has 0 aliphatic rings. The van der Waals surface area contributed by atoms with Crippen LogP contribution in [0.1, 0.15) is 0 Å². The number of aromatic nitrogens is 4. The first-order chi connectivity index (χ1) is 5.75. The molecule has 3 N–H and O–H groups in total. The molecule has 0 saturated heterocycles. The average Bonchev–Trinajstić information content (AvgIpc) is 2.58. The zero-order valence-electron chi connectivity index (χ0n) is 6.65. The Morgan fingerprint density at radius 1 is 1.58 bits per heavy atom. The van der Waals surface area contributed by atoms with Crippen LogP contribution in [0.25, 0.3) is 11.3 Å². The molecule has 0 aliphatic carbocycles. The standard InChI is InChI=1S/C7H9N5/c1-12-4-5(3-9-12)6-2-7(8)11-10-6/h2-4H,1H3,(H3,8,10,11). The number of nitrogens with two attached hydrogens (primary N) is 1. The van der Waals surface area contributed by atoms with Crippen molar-refractivity contribution in [3.8, 4) is 11.3 Å². The Morgan fingerprint density at radius 2 is 2.42 bits per heavy atom. The van der Waals surface area contributed by atoms with Gasteiger partial charge in [0, 0.05) is 24.9 Å². The first kappa shape index (κ1) is 6.90. The number of nitrogens with zero attached hydrogens (tertiary/aromatic N) is 3. The first-order valence-electron chi connectivity index (χ1n) is 3.55. The maximum absolute atomic E-state index is 5.48. The molecule has 12 heavy (non-hydrogen) atoms. The van der Waals surface area contributed by atoms with Crippen LogP contribution < -0.4 is 5.73 Å². The molecular weight excluding hydrogens is 154 g/mol. The lowest BCUT2D eigenvalue weighted by Gasteiger charge is -1.84. The van der Waals surface area contributed by atoms with Crippen molar-refractivity contribution >= 4 is 5.82 Å². The quantitative estimate of drug-likeness (QED) is 0.638. The molecule has 0 fully saturated rings. The van der Waals surface area contributed by atoms with E-state index in [-0.39, 0.29) is 0 Å². The van der Waals surface area contributed by atoms with Crippen LogP contribution in [0.4, 0.5) is 5.82 Å². The zero-order valence-corrected chi connectivity index (χ0v) is 6.65. The summed E-state index contributed by atoms with van der Waals surface area (Å²) in [5, 5.41) is 10.7. The molecule has 0 aliphatic heterocycles. The van der Waals surface area contributed by atoms with Crippen LogP contribution in [-0.2, 0) is 7.05 Å². The second-order valence-electron chi connectivity index (χ2n) is 2.61. The number of hydrogen-bond acceptors (Lipinski definition) is 3. The highest BCUT2D eigenvalue weighted by molar-refractivity contribution is 5.59. The van der Waals surface area contributed by atoms with Gasteiger partial charge < -0.3 is 5.73 Å². The van der Waals surface area contributed by atoms with Gasteiger partial charge in [0.25, 0.3) is 0 Å². The Labute approximate surface area is 69.2 Å². The van der Waals surface area contributed by atoms with Gasteiger partial charge in [0.05, 0.1) is 11.9 Å². The van der Waals surface area contributed by atoms with Gasteiger partial charge in [-0.15, -0.1) is 0 Å². The Kier molecular flexibility index (Phi) is 1.36. The van der Waals surface area contributed by atoms with E-state index in [1.165, 1.54) is 0 Å². The minimum atomic E-state index is 0.564.